The lowest BCUT2D eigenvalue weighted by Crippen LogP contribution is -1.91. The van der Waals surface area contributed by atoms with Gasteiger partial charge in [0, 0.05) is 0 Å². The Hall–Kier alpha value is -1.94. The van der Waals surface area contributed by atoms with Gasteiger partial charge in [0.2, 0.25) is 5.88 Å². The van der Waals surface area contributed by atoms with Crippen LogP contribution in [0.5, 0.6) is 11.6 Å². The SMILES string of the molecule is Cc1ccc(Oc2cnc3ccccc3n2)c(Br)c1. The highest BCUT2D eigenvalue weighted by Gasteiger charge is 2.05. The van der Waals surface area contributed by atoms with Crippen LogP contribution in [0.15, 0.2) is 53.1 Å². The molecule has 0 amide bonds. The number of nitrogens with zero attached hydrogens (tertiary/aromatic N) is 2. The molecule has 94 valence electrons. The summed E-state index contributed by atoms with van der Waals surface area (Å²) in [6.07, 6.45) is 1.63. The first kappa shape index (κ1) is 12.1. The molecular weight excluding hydrogens is 304 g/mol. The molecule has 1 aromatic heterocycles. The number of ether oxygens (including phenoxy) is 1. The third kappa shape index (κ3) is 2.58. The summed E-state index contributed by atoms with van der Waals surface area (Å²) in [7, 11) is 0. The minimum Gasteiger partial charge on any atom is -0.436 e. The van der Waals surface area contributed by atoms with E-state index in [2.05, 4.69) is 25.9 Å². The van der Waals surface area contributed by atoms with E-state index in [-0.39, 0.29) is 0 Å². The third-order valence-corrected chi connectivity index (χ3v) is 3.35. The topological polar surface area (TPSA) is 35.0 Å². The highest BCUT2D eigenvalue weighted by atomic mass is 79.9. The molecule has 0 spiro atoms. The molecule has 0 atom stereocenters. The number of benzene rings is 2. The summed E-state index contributed by atoms with van der Waals surface area (Å²) in [6, 6.07) is 13.6. The van der Waals surface area contributed by atoms with Crippen molar-refractivity contribution in [3.8, 4) is 11.6 Å². The number of aryl methyl sites for hydroxylation is 1. The molecule has 2 aromatic carbocycles. The van der Waals surface area contributed by atoms with Crippen LogP contribution in [-0.4, -0.2) is 9.97 Å². The monoisotopic (exact) mass is 314 g/mol. The number of aromatic nitrogens is 2. The fourth-order valence-electron chi connectivity index (χ4n) is 1.79. The Bertz CT molecular complexity index is 743. The summed E-state index contributed by atoms with van der Waals surface area (Å²) in [6.45, 7) is 2.03. The van der Waals surface area contributed by atoms with E-state index in [4.69, 9.17) is 4.74 Å². The van der Waals surface area contributed by atoms with Gasteiger partial charge in [0.15, 0.2) is 0 Å². The van der Waals surface area contributed by atoms with Gasteiger partial charge in [0.1, 0.15) is 5.75 Å². The molecule has 0 bridgehead atoms. The number of hydrogen-bond donors (Lipinski definition) is 0. The highest BCUT2D eigenvalue weighted by molar-refractivity contribution is 9.10. The smallest absolute Gasteiger partial charge is 0.238 e. The molecule has 1 heterocycles. The Balaban J connectivity index is 1.96. The van der Waals surface area contributed by atoms with Crippen molar-refractivity contribution in [2.24, 2.45) is 0 Å². The largest absolute Gasteiger partial charge is 0.436 e. The molecule has 0 fully saturated rings. The second kappa shape index (κ2) is 4.97. The Morgan fingerprint density at radius 3 is 2.63 bits per heavy atom. The number of para-hydroxylation sites is 2. The molecular formula is C15H11BrN2O. The maximum atomic E-state index is 5.75. The second-order valence-corrected chi connectivity index (χ2v) is 5.09. The predicted molar refractivity (Wildman–Crippen MR) is 78.5 cm³/mol. The molecule has 0 aliphatic heterocycles. The lowest BCUT2D eigenvalue weighted by atomic mass is 10.2. The Kier molecular flexibility index (Phi) is 3.17. The summed E-state index contributed by atoms with van der Waals surface area (Å²) >= 11 is 3.48. The zero-order valence-electron chi connectivity index (χ0n) is 10.3. The number of fused-ring (bicyclic) bond motifs is 1. The van der Waals surface area contributed by atoms with Crippen molar-refractivity contribution in [2.45, 2.75) is 6.92 Å². The van der Waals surface area contributed by atoms with Crippen LogP contribution >= 0.6 is 15.9 Å². The fourth-order valence-corrected chi connectivity index (χ4v) is 2.36. The molecule has 4 heteroatoms. The van der Waals surface area contributed by atoms with E-state index in [1.54, 1.807) is 6.20 Å². The Morgan fingerprint density at radius 2 is 1.84 bits per heavy atom. The van der Waals surface area contributed by atoms with Gasteiger partial charge in [-0.2, -0.15) is 0 Å². The van der Waals surface area contributed by atoms with Crippen LogP contribution in [0.2, 0.25) is 0 Å². The van der Waals surface area contributed by atoms with Gasteiger partial charge in [-0.3, -0.25) is 0 Å². The minimum absolute atomic E-state index is 0.489. The lowest BCUT2D eigenvalue weighted by molar-refractivity contribution is 0.460. The van der Waals surface area contributed by atoms with Crippen LogP contribution in [-0.2, 0) is 0 Å². The van der Waals surface area contributed by atoms with Crippen LogP contribution in [0.25, 0.3) is 11.0 Å². The van der Waals surface area contributed by atoms with E-state index in [1.165, 1.54) is 5.56 Å². The van der Waals surface area contributed by atoms with E-state index in [0.717, 1.165) is 21.3 Å². The van der Waals surface area contributed by atoms with Gasteiger partial charge in [-0.05, 0) is 52.7 Å². The van der Waals surface area contributed by atoms with Gasteiger partial charge in [-0.1, -0.05) is 18.2 Å². The number of halogens is 1. The molecule has 3 rings (SSSR count). The standard InChI is InChI=1S/C15H11BrN2O/c1-10-6-7-14(11(16)8-10)19-15-9-17-12-4-2-3-5-13(12)18-15/h2-9H,1H3. The first-order chi connectivity index (χ1) is 9.22. The summed E-state index contributed by atoms with van der Waals surface area (Å²) in [5.74, 6) is 1.22. The Morgan fingerprint density at radius 1 is 1.05 bits per heavy atom. The zero-order chi connectivity index (χ0) is 13.2. The summed E-state index contributed by atoms with van der Waals surface area (Å²) in [4.78, 5) is 8.75. The van der Waals surface area contributed by atoms with Gasteiger partial charge in [0.25, 0.3) is 0 Å². The molecule has 19 heavy (non-hydrogen) atoms. The van der Waals surface area contributed by atoms with Gasteiger partial charge in [0.05, 0.1) is 21.7 Å². The highest BCUT2D eigenvalue weighted by Crippen LogP contribution is 2.29. The molecule has 0 radical (unpaired) electrons. The van der Waals surface area contributed by atoms with Crippen molar-refractivity contribution < 1.29 is 4.74 Å². The summed E-state index contributed by atoms with van der Waals surface area (Å²) in [5, 5.41) is 0. The quantitative estimate of drug-likeness (QED) is 0.699. The molecule has 0 unspecified atom stereocenters. The van der Waals surface area contributed by atoms with Crippen molar-refractivity contribution in [3.63, 3.8) is 0 Å². The number of hydrogen-bond acceptors (Lipinski definition) is 3. The molecule has 0 saturated carbocycles. The van der Waals surface area contributed by atoms with Crippen LogP contribution in [0.1, 0.15) is 5.56 Å². The third-order valence-electron chi connectivity index (χ3n) is 2.73. The van der Waals surface area contributed by atoms with E-state index in [1.807, 2.05) is 49.4 Å². The first-order valence-electron chi connectivity index (χ1n) is 5.88. The van der Waals surface area contributed by atoms with Crippen molar-refractivity contribution in [3.05, 3.63) is 58.7 Å². The van der Waals surface area contributed by atoms with Crippen LogP contribution in [0.3, 0.4) is 0 Å². The van der Waals surface area contributed by atoms with Gasteiger partial charge in [-0.25, -0.2) is 9.97 Å². The van der Waals surface area contributed by atoms with Crippen molar-refractivity contribution in [1.29, 1.82) is 0 Å². The van der Waals surface area contributed by atoms with Crippen molar-refractivity contribution in [1.82, 2.24) is 9.97 Å². The Labute approximate surface area is 119 Å². The minimum atomic E-state index is 0.489. The normalized spacial score (nSPS) is 10.6. The van der Waals surface area contributed by atoms with Gasteiger partial charge in [-0.15, -0.1) is 0 Å². The molecule has 0 saturated heterocycles. The number of rotatable bonds is 2. The van der Waals surface area contributed by atoms with E-state index < -0.39 is 0 Å². The molecule has 0 aliphatic rings. The van der Waals surface area contributed by atoms with Gasteiger partial charge >= 0.3 is 0 Å². The van der Waals surface area contributed by atoms with Crippen molar-refractivity contribution in [2.75, 3.05) is 0 Å². The molecule has 0 aliphatic carbocycles. The van der Waals surface area contributed by atoms with Crippen LogP contribution in [0.4, 0.5) is 0 Å². The first-order valence-corrected chi connectivity index (χ1v) is 6.67. The van der Waals surface area contributed by atoms with Crippen LogP contribution in [0, 0.1) is 6.92 Å². The summed E-state index contributed by atoms with van der Waals surface area (Å²) < 4.78 is 6.66. The fraction of sp³-hybridized carbons (Fsp3) is 0.0667. The predicted octanol–water partition coefficient (Wildman–Crippen LogP) is 4.49. The summed E-state index contributed by atoms with van der Waals surface area (Å²) in [5.41, 5.74) is 2.85. The van der Waals surface area contributed by atoms with E-state index in [0.29, 0.717) is 5.88 Å². The lowest BCUT2D eigenvalue weighted by Gasteiger charge is -2.07. The van der Waals surface area contributed by atoms with E-state index >= 15 is 0 Å². The van der Waals surface area contributed by atoms with Crippen LogP contribution < -0.4 is 4.74 Å². The maximum Gasteiger partial charge on any atom is 0.238 e. The van der Waals surface area contributed by atoms with Crippen molar-refractivity contribution >= 4 is 27.0 Å². The second-order valence-electron chi connectivity index (χ2n) is 4.23. The maximum absolute atomic E-state index is 5.75. The zero-order valence-corrected chi connectivity index (χ0v) is 11.9. The average molecular weight is 315 g/mol. The van der Waals surface area contributed by atoms with Gasteiger partial charge < -0.3 is 4.74 Å². The molecule has 3 aromatic rings. The molecule has 0 N–H and O–H groups in total. The van der Waals surface area contributed by atoms with E-state index in [9.17, 15) is 0 Å². The molecule has 3 nitrogen and oxygen atoms in total. The average Bonchev–Trinajstić information content (AvgIpc) is 2.42.